The zero-order valence-electron chi connectivity index (χ0n) is 10.6. The molecule has 0 saturated carbocycles. The van der Waals surface area contributed by atoms with E-state index in [0.29, 0.717) is 11.1 Å². The Morgan fingerprint density at radius 1 is 1.26 bits per heavy atom. The molecule has 4 nitrogen and oxygen atoms in total. The number of nitrogens with zero attached hydrogens (tertiary/aromatic N) is 3. The van der Waals surface area contributed by atoms with E-state index in [0.717, 1.165) is 0 Å². The van der Waals surface area contributed by atoms with Crippen LogP contribution in [0.25, 0.3) is 0 Å². The van der Waals surface area contributed by atoms with Gasteiger partial charge >= 0.3 is 0 Å². The summed E-state index contributed by atoms with van der Waals surface area (Å²) in [7, 11) is 1.45. The molecule has 0 fully saturated rings. The number of benzene rings is 1. The Morgan fingerprint density at radius 3 is 2.21 bits per heavy atom. The van der Waals surface area contributed by atoms with E-state index in [1.165, 1.54) is 13.2 Å². The zero-order chi connectivity index (χ0) is 14.3. The Balaban J connectivity index is 3.25. The second kappa shape index (κ2) is 6.36. The molecule has 1 rings (SSSR count). The molecule has 0 radical (unpaired) electrons. The molecular formula is C15H13N3O. The first kappa shape index (κ1) is 14.5. The summed E-state index contributed by atoms with van der Waals surface area (Å²) in [5.41, 5.74) is -0.113. The fourth-order valence-corrected chi connectivity index (χ4v) is 1.92. The lowest BCUT2D eigenvalue weighted by atomic mass is 9.78. The lowest BCUT2D eigenvalue weighted by Gasteiger charge is -2.27. The van der Waals surface area contributed by atoms with Crippen molar-refractivity contribution < 1.29 is 4.74 Å². The minimum absolute atomic E-state index is 0.207. The van der Waals surface area contributed by atoms with Crippen LogP contribution >= 0.6 is 0 Å². The monoisotopic (exact) mass is 251 g/mol. The summed E-state index contributed by atoms with van der Waals surface area (Å²) >= 11 is 0. The van der Waals surface area contributed by atoms with Crippen molar-refractivity contribution in [3.05, 3.63) is 48.0 Å². The maximum Gasteiger partial charge on any atom is 0.177 e. The van der Waals surface area contributed by atoms with Crippen molar-refractivity contribution in [2.75, 3.05) is 7.11 Å². The number of hydrogen-bond acceptors (Lipinski definition) is 4. The van der Waals surface area contributed by atoms with Crippen LogP contribution in [0, 0.1) is 39.4 Å². The molecule has 0 bridgehead atoms. The molecule has 1 unspecified atom stereocenters. The highest BCUT2D eigenvalue weighted by atomic mass is 16.5. The maximum absolute atomic E-state index is 9.32. The first-order valence-corrected chi connectivity index (χ1v) is 5.63. The second-order valence-electron chi connectivity index (χ2n) is 4.04. The third-order valence-corrected chi connectivity index (χ3v) is 2.89. The van der Waals surface area contributed by atoms with Gasteiger partial charge in [0.05, 0.1) is 23.8 Å². The van der Waals surface area contributed by atoms with Crippen molar-refractivity contribution in [2.45, 2.75) is 12.5 Å². The summed E-state index contributed by atoms with van der Waals surface area (Å²) in [5.74, 6) is 0. The van der Waals surface area contributed by atoms with Crippen molar-refractivity contribution >= 4 is 0 Å². The summed E-state index contributed by atoms with van der Waals surface area (Å²) in [5, 5.41) is 27.4. The second-order valence-corrected chi connectivity index (χ2v) is 4.04. The molecule has 0 saturated heterocycles. The van der Waals surface area contributed by atoms with Crippen LogP contribution in [0.2, 0.25) is 0 Å². The van der Waals surface area contributed by atoms with E-state index in [4.69, 9.17) is 10.00 Å². The summed E-state index contributed by atoms with van der Waals surface area (Å²) in [6, 6.07) is 12.7. The molecule has 0 spiro atoms. The van der Waals surface area contributed by atoms with Crippen LogP contribution in [0.3, 0.4) is 0 Å². The Morgan fingerprint density at radius 2 is 1.84 bits per heavy atom. The molecule has 0 aliphatic rings. The fourth-order valence-electron chi connectivity index (χ4n) is 1.92. The van der Waals surface area contributed by atoms with Gasteiger partial charge < -0.3 is 4.74 Å². The molecule has 19 heavy (non-hydrogen) atoms. The molecule has 94 valence electrons. The average Bonchev–Trinajstić information content (AvgIpc) is 2.47. The quantitative estimate of drug-likeness (QED) is 0.753. The molecule has 4 heteroatoms. The summed E-state index contributed by atoms with van der Waals surface area (Å²) < 4.78 is 5.33. The standard InChI is InChI=1S/C15H13N3O/c1-3-8-15(10-17,11-18)14(19-2)13-6-4-12(9-16)5-7-13/h3-7,14H,1,8H2,2H3. The third kappa shape index (κ3) is 2.80. The Hall–Kier alpha value is -2.61. The van der Waals surface area contributed by atoms with E-state index in [1.807, 2.05) is 18.2 Å². The van der Waals surface area contributed by atoms with E-state index in [1.54, 1.807) is 24.3 Å². The number of methoxy groups -OCH3 is 1. The lowest BCUT2D eigenvalue weighted by Crippen LogP contribution is -2.26. The highest BCUT2D eigenvalue weighted by Gasteiger charge is 2.40. The molecule has 0 aromatic heterocycles. The van der Waals surface area contributed by atoms with Gasteiger partial charge in [-0.2, -0.15) is 15.8 Å². The molecule has 0 amide bonds. The molecule has 0 heterocycles. The van der Waals surface area contributed by atoms with E-state index >= 15 is 0 Å². The van der Waals surface area contributed by atoms with Crippen LogP contribution in [0.15, 0.2) is 36.9 Å². The summed E-state index contributed by atoms with van der Waals surface area (Å²) in [6.07, 6.45) is 1.05. The van der Waals surface area contributed by atoms with Gasteiger partial charge in [-0.25, -0.2) is 0 Å². The van der Waals surface area contributed by atoms with Gasteiger partial charge in [0.1, 0.15) is 6.10 Å². The van der Waals surface area contributed by atoms with Crippen LogP contribution in [-0.4, -0.2) is 7.11 Å². The van der Waals surface area contributed by atoms with Gasteiger partial charge in [-0.3, -0.25) is 0 Å². The topological polar surface area (TPSA) is 80.6 Å². The SMILES string of the molecule is C=CCC(C#N)(C#N)C(OC)c1ccc(C#N)cc1. The largest absolute Gasteiger partial charge is 0.374 e. The zero-order valence-corrected chi connectivity index (χ0v) is 10.6. The molecule has 0 aliphatic carbocycles. The lowest BCUT2D eigenvalue weighted by molar-refractivity contribution is 0.0434. The molecule has 1 aromatic rings. The number of nitriles is 3. The molecule has 0 N–H and O–H groups in total. The van der Waals surface area contributed by atoms with E-state index in [9.17, 15) is 10.5 Å². The predicted octanol–water partition coefficient (Wildman–Crippen LogP) is 2.86. The molecule has 0 aliphatic heterocycles. The number of allylic oxidation sites excluding steroid dienone is 1. The molecule has 1 atom stereocenters. The minimum Gasteiger partial charge on any atom is -0.374 e. The average molecular weight is 251 g/mol. The van der Waals surface area contributed by atoms with Gasteiger partial charge in [0, 0.05) is 7.11 Å². The van der Waals surface area contributed by atoms with E-state index in [2.05, 4.69) is 6.58 Å². The Kier molecular flexibility index (Phi) is 4.84. The van der Waals surface area contributed by atoms with Crippen LogP contribution in [0.4, 0.5) is 0 Å². The van der Waals surface area contributed by atoms with Gasteiger partial charge in [-0.15, -0.1) is 6.58 Å². The highest BCUT2D eigenvalue weighted by Crippen LogP contribution is 2.39. The fraction of sp³-hybridized carbons (Fsp3) is 0.267. The Labute approximate surface area is 112 Å². The predicted molar refractivity (Wildman–Crippen MR) is 69.4 cm³/mol. The maximum atomic E-state index is 9.32. The van der Waals surface area contributed by atoms with Crippen molar-refractivity contribution in [2.24, 2.45) is 5.41 Å². The summed E-state index contributed by atoms with van der Waals surface area (Å²) in [4.78, 5) is 0. The van der Waals surface area contributed by atoms with E-state index in [-0.39, 0.29) is 6.42 Å². The summed E-state index contributed by atoms with van der Waals surface area (Å²) in [6.45, 7) is 3.58. The smallest absolute Gasteiger partial charge is 0.177 e. The van der Waals surface area contributed by atoms with E-state index < -0.39 is 11.5 Å². The van der Waals surface area contributed by atoms with Gasteiger partial charge in [-0.1, -0.05) is 18.2 Å². The Bertz CT molecular complexity index is 555. The normalized spacial score (nSPS) is 11.7. The van der Waals surface area contributed by atoms with Crippen molar-refractivity contribution in [3.8, 4) is 18.2 Å². The van der Waals surface area contributed by atoms with Gasteiger partial charge in [0.25, 0.3) is 0 Å². The van der Waals surface area contributed by atoms with Gasteiger partial charge in [-0.05, 0) is 24.1 Å². The third-order valence-electron chi connectivity index (χ3n) is 2.89. The van der Waals surface area contributed by atoms with Crippen LogP contribution in [-0.2, 0) is 4.74 Å². The number of rotatable bonds is 5. The van der Waals surface area contributed by atoms with Crippen molar-refractivity contribution in [3.63, 3.8) is 0 Å². The molecule has 1 aromatic carbocycles. The number of hydrogen-bond donors (Lipinski definition) is 0. The molecular weight excluding hydrogens is 238 g/mol. The highest BCUT2D eigenvalue weighted by molar-refractivity contribution is 5.35. The van der Waals surface area contributed by atoms with Crippen molar-refractivity contribution in [1.82, 2.24) is 0 Å². The van der Waals surface area contributed by atoms with Gasteiger partial charge in [0.15, 0.2) is 5.41 Å². The van der Waals surface area contributed by atoms with Crippen LogP contribution in [0.5, 0.6) is 0 Å². The van der Waals surface area contributed by atoms with Crippen molar-refractivity contribution in [1.29, 1.82) is 15.8 Å². The first-order valence-electron chi connectivity index (χ1n) is 5.63. The van der Waals surface area contributed by atoms with Crippen LogP contribution < -0.4 is 0 Å². The van der Waals surface area contributed by atoms with Gasteiger partial charge in [0.2, 0.25) is 0 Å². The van der Waals surface area contributed by atoms with Crippen LogP contribution in [0.1, 0.15) is 23.7 Å². The minimum atomic E-state index is -1.31. The first-order chi connectivity index (χ1) is 9.17. The number of ether oxygens (including phenoxy) is 1.